The summed E-state index contributed by atoms with van der Waals surface area (Å²) in [5, 5.41) is 3.87. The third-order valence-electron chi connectivity index (χ3n) is 3.41. The van der Waals surface area contributed by atoms with Crippen LogP contribution in [0.15, 0.2) is 12.4 Å². The van der Waals surface area contributed by atoms with Gasteiger partial charge in [0.15, 0.2) is 5.13 Å². The smallest absolute Gasteiger partial charge is 0.268 e. The molecule has 3 heterocycles. The van der Waals surface area contributed by atoms with Gasteiger partial charge in [-0.15, -0.1) is 0 Å². The fourth-order valence-electron chi connectivity index (χ4n) is 2.28. The summed E-state index contributed by atoms with van der Waals surface area (Å²) in [5.41, 5.74) is 5.89. The fraction of sp³-hybridized carbons (Fsp3) is 0.462. The summed E-state index contributed by atoms with van der Waals surface area (Å²) >= 11 is 1.32. The summed E-state index contributed by atoms with van der Waals surface area (Å²) in [7, 11) is 0. The van der Waals surface area contributed by atoms with E-state index in [-0.39, 0.29) is 5.91 Å². The van der Waals surface area contributed by atoms with Crippen LogP contribution in [0.1, 0.15) is 28.8 Å². The molecule has 0 spiro atoms. The summed E-state index contributed by atoms with van der Waals surface area (Å²) in [5.74, 6) is 1.14. The number of imidazole rings is 1. The Labute approximate surface area is 126 Å². The molecule has 0 bridgehead atoms. The molecule has 2 aromatic heterocycles. The number of aromatic nitrogens is 3. The number of fused-ring (bicyclic) bond motifs is 1. The maximum atomic E-state index is 12.6. The minimum Gasteiger partial charge on any atom is -0.382 e. The van der Waals surface area contributed by atoms with Gasteiger partial charge in [-0.1, -0.05) is 18.3 Å². The molecule has 0 unspecified atom stereocenters. The Morgan fingerprint density at radius 3 is 3.19 bits per heavy atom. The van der Waals surface area contributed by atoms with Crippen LogP contribution in [-0.2, 0) is 13.1 Å². The molecule has 21 heavy (non-hydrogen) atoms. The highest BCUT2D eigenvalue weighted by molar-refractivity contribution is 7.18. The Morgan fingerprint density at radius 2 is 2.38 bits per heavy atom. The van der Waals surface area contributed by atoms with Gasteiger partial charge in [-0.3, -0.25) is 4.79 Å². The van der Waals surface area contributed by atoms with Crippen LogP contribution in [0.3, 0.4) is 0 Å². The van der Waals surface area contributed by atoms with Crippen LogP contribution in [0, 0.1) is 0 Å². The first-order valence-corrected chi connectivity index (χ1v) is 7.80. The van der Waals surface area contributed by atoms with Gasteiger partial charge in [0.2, 0.25) is 0 Å². The fourth-order valence-corrected chi connectivity index (χ4v) is 3.16. The second kappa shape index (κ2) is 5.72. The van der Waals surface area contributed by atoms with Crippen molar-refractivity contribution in [3.05, 3.63) is 23.1 Å². The second-order valence-corrected chi connectivity index (χ2v) is 5.92. The average molecular weight is 306 g/mol. The van der Waals surface area contributed by atoms with Gasteiger partial charge in [0.1, 0.15) is 16.5 Å². The average Bonchev–Trinajstić information content (AvgIpc) is 3.09. The van der Waals surface area contributed by atoms with Crippen LogP contribution >= 0.6 is 11.3 Å². The molecule has 1 aliphatic rings. The summed E-state index contributed by atoms with van der Waals surface area (Å²) in [6, 6.07) is 0. The molecule has 0 radical (unpaired) electrons. The van der Waals surface area contributed by atoms with Crippen LogP contribution in [-0.4, -0.2) is 38.4 Å². The highest BCUT2D eigenvalue weighted by Crippen LogP contribution is 2.27. The number of carbonyl (C=O) groups excluding carboxylic acids is 1. The minimum atomic E-state index is -0.0659. The van der Waals surface area contributed by atoms with E-state index in [0.717, 1.165) is 25.3 Å². The number of thiazole rings is 1. The Hall–Kier alpha value is -2.09. The van der Waals surface area contributed by atoms with Gasteiger partial charge in [-0.2, -0.15) is 0 Å². The Bertz CT molecular complexity index is 649. The number of hydrogen-bond donors (Lipinski definition) is 2. The Balaban J connectivity index is 1.75. The van der Waals surface area contributed by atoms with E-state index >= 15 is 0 Å². The van der Waals surface area contributed by atoms with E-state index in [4.69, 9.17) is 5.73 Å². The zero-order chi connectivity index (χ0) is 14.8. The summed E-state index contributed by atoms with van der Waals surface area (Å²) in [6.07, 6.45) is 4.69. The van der Waals surface area contributed by atoms with Crippen molar-refractivity contribution in [1.29, 1.82) is 0 Å². The van der Waals surface area contributed by atoms with Gasteiger partial charge in [0.05, 0.1) is 6.54 Å². The maximum Gasteiger partial charge on any atom is 0.268 e. The maximum absolute atomic E-state index is 12.6. The van der Waals surface area contributed by atoms with Gasteiger partial charge in [-0.25, -0.2) is 9.97 Å². The van der Waals surface area contributed by atoms with Gasteiger partial charge < -0.3 is 20.5 Å². The van der Waals surface area contributed by atoms with Crippen LogP contribution in [0.4, 0.5) is 10.9 Å². The molecule has 7 nitrogen and oxygen atoms in total. The lowest BCUT2D eigenvalue weighted by Crippen LogP contribution is -2.38. The molecule has 0 atom stereocenters. The molecule has 8 heteroatoms. The number of hydrogen-bond acceptors (Lipinski definition) is 6. The van der Waals surface area contributed by atoms with E-state index < -0.39 is 0 Å². The van der Waals surface area contributed by atoms with Crippen molar-refractivity contribution in [1.82, 2.24) is 19.4 Å². The van der Waals surface area contributed by atoms with E-state index in [2.05, 4.69) is 26.8 Å². The number of carbonyl (C=O) groups is 1. The molecule has 0 saturated carbocycles. The van der Waals surface area contributed by atoms with Crippen LogP contribution in [0.5, 0.6) is 0 Å². The van der Waals surface area contributed by atoms with Crippen molar-refractivity contribution in [3.63, 3.8) is 0 Å². The second-order valence-electron chi connectivity index (χ2n) is 4.92. The molecule has 1 aliphatic heterocycles. The monoisotopic (exact) mass is 306 g/mol. The largest absolute Gasteiger partial charge is 0.382 e. The topological polar surface area (TPSA) is 89.1 Å². The molecular weight excluding hydrogens is 288 g/mol. The minimum absolute atomic E-state index is 0.0659. The van der Waals surface area contributed by atoms with E-state index in [1.54, 1.807) is 11.1 Å². The molecule has 2 aromatic rings. The normalized spacial score (nSPS) is 14.0. The molecule has 1 amide bonds. The standard InChI is InChI=1S/C13H18N6OS/c1-2-3-16-13-17-11(14)10(21-13)12(20)19-7-6-18-5-4-15-9(18)8-19/h4-5H,2-3,6-8,14H2,1H3,(H,16,17). The van der Waals surface area contributed by atoms with Gasteiger partial charge in [0.25, 0.3) is 5.91 Å². The molecule has 3 rings (SSSR count). The van der Waals surface area contributed by atoms with Crippen molar-refractivity contribution in [2.75, 3.05) is 24.1 Å². The van der Waals surface area contributed by atoms with Crippen molar-refractivity contribution in [2.24, 2.45) is 0 Å². The van der Waals surface area contributed by atoms with Crippen molar-refractivity contribution < 1.29 is 4.79 Å². The summed E-state index contributed by atoms with van der Waals surface area (Å²) in [6.45, 7) is 4.84. The predicted octanol–water partition coefficient (Wildman–Crippen LogP) is 1.40. The first-order valence-electron chi connectivity index (χ1n) is 6.98. The number of amides is 1. The van der Waals surface area contributed by atoms with E-state index in [0.29, 0.717) is 28.9 Å². The van der Waals surface area contributed by atoms with Crippen molar-refractivity contribution in [2.45, 2.75) is 26.4 Å². The van der Waals surface area contributed by atoms with E-state index in [1.807, 2.05) is 6.20 Å². The SMILES string of the molecule is CCCNc1nc(N)c(C(=O)N2CCn3ccnc3C2)s1. The van der Waals surface area contributed by atoms with Crippen molar-refractivity contribution in [3.8, 4) is 0 Å². The highest BCUT2D eigenvalue weighted by atomic mass is 32.1. The lowest BCUT2D eigenvalue weighted by atomic mass is 10.3. The quantitative estimate of drug-likeness (QED) is 0.891. The lowest BCUT2D eigenvalue weighted by molar-refractivity contribution is 0.0713. The Morgan fingerprint density at radius 1 is 1.52 bits per heavy atom. The third kappa shape index (κ3) is 2.71. The number of rotatable bonds is 4. The number of anilines is 2. The van der Waals surface area contributed by atoms with Crippen molar-refractivity contribution >= 4 is 28.2 Å². The van der Waals surface area contributed by atoms with E-state index in [1.165, 1.54) is 11.3 Å². The number of nitrogens with two attached hydrogens (primary N) is 1. The number of nitrogen functional groups attached to an aromatic ring is 1. The van der Waals surface area contributed by atoms with Crippen LogP contribution in [0.2, 0.25) is 0 Å². The lowest BCUT2D eigenvalue weighted by Gasteiger charge is -2.27. The van der Waals surface area contributed by atoms with Gasteiger partial charge in [-0.05, 0) is 6.42 Å². The highest BCUT2D eigenvalue weighted by Gasteiger charge is 2.26. The number of nitrogens with one attached hydrogen (secondary N) is 1. The zero-order valence-electron chi connectivity index (χ0n) is 11.9. The molecule has 112 valence electrons. The van der Waals surface area contributed by atoms with Gasteiger partial charge >= 0.3 is 0 Å². The molecule has 3 N–H and O–H groups in total. The molecule has 0 saturated heterocycles. The first-order chi connectivity index (χ1) is 10.2. The summed E-state index contributed by atoms with van der Waals surface area (Å²) in [4.78, 5) is 23.4. The molecule has 0 aliphatic carbocycles. The third-order valence-corrected chi connectivity index (χ3v) is 4.42. The van der Waals surface area contributed by atoms with Crippen LogP contribution in [0.25, 0.3) is 0 Å². The van der Waals surface area contributed by atoms with E-state index in [9.17, 15) is 4.79 Å². The van der Waals surface area contributed by atoms with Gasteiger partial charge in [0, 0.05) is 32.0 Å². The predicted molar refractivity (Wildman–Crippen MR) is 82.3 cm³/mol. The zero-order valence-corrected chi connectivity index (χ0v) is 12.7. The van der Waals surface area contributed by atoms with Crippen LogP contribution < -0.4 is 11.1 Å². The Kier molecular flexibility index (Phi) is 3.78. The summed E-state index contributed by atoms with van der Waals surface area (Å²) < 4.78 is 2.06. The first kappa shape index (κ1) is 13.9. The molecule has 0 aromatic carbocycles. The molecule has 0 fully saturated rings. The number of nitrogens with zero attached hydrogens (tertiary/aromatic N) is 4. The molecular formula is C13H18N6OS.